The molecule has 2 nitrogen and oxygen atoms in total. The van der Waals surface area contributed by atoms with Crippen molar-refractivity contribution in [3.05, 3.63) is 66.0 Å². The van der Waals surface area contributed by atoms with Crippen molar-refractivity contribution in [2.45, 2.75) is 33.7 Å². The summed E-state index contributed by atoms with van der Waals surface area (Å²) in [6, 6.07) is 16.4. The van der Waals surface area contributed by atoms with Gasteiger partial charge in [0.2, 0.25) is 0 Å². The summed E-state index contributed by atoms with van der Waals surface area (Å²) in [5, 5.41) is 0. The van der Waals surface area contributed by atoms with Crippen LogP contribution in [0.15, 0.2) is 59.7 Å². The van der Waals surface area contributed by atoms with Crippen LogP contribution >= 0.6 is 0 Å². The Hall–Kier alpha value is -1.96. The molecule has 3 rings (SSSR count). The second kappa shape index (κ2) is 8.20. The zero-order valence-corrected chi connectivity index (χ0v) is 12.2. The molecule has 0 fully saturated rings. The van der Waals surface area contributed by atoms with E-state index in [1.165, 1.54) is 5.56 Å². The molecule has 2 heteroatoms. The number of nitrogens with zero attached hydrogens (tertiary/aromatic N) is 2. The van der Waals surface area contributed by atoms with E-state index in [2.05, 4.69) is 22.1 Å². The first kappa shape index (κ1) is 15.1. The summed E-state index contributed by atoms with van der Waals surface area (Å²) >= 11 is 0. The van der Waals surface area contributed by atoms with Gasteiger partial charge in [0, 0.05) is 6.20 Å². The number of aliphatic imine (C=N–C) groups is 1. The van der Waals surface area contributed by atoms with Gasteiger partial charge in [0.25, 0.3) is 0 Å². The highest BCUT2D eigenvalue weighted by molar-refractivity contribution is 6.13. The molecular formula is C17H22N2. The fourth-order valence-corrected chi connectivity index (χ4v) is 1.69. The van der Waals surface area contributed by atoms with Gasteiger partial charge in [-0.25, -0.2) is 0 Å². The van der Waals surface area contributed by atoms with E-state index in [1.807, 2.05) is 70.3 Å². The summed E-state index contributed by atoms with van der Waals surface area (Å²) in [6.45, 7) is 8.00. The predicted molar refractivity (Wildman–Crippen MR) is 82.7 cm³/mol. The molecule has 0 saturated heterocycles. The fraction of sp³-hybridized carbons (Fsp3) is 0.294. The number of aromatic nitrogens is 1. The van der Waals surface area contributed by atoms with Gasteiger partial charge < -0.3 is 0 Å². The monoisotopic (exact) mass is 254 g/mol. The highest BCUT2D eigenvalue weighted by Gasteiger charge is 2.31. The number of hydrogen-bond donors (Lipinski definition) is 0. The van der Waals surface area contributed by atoms with Crippen LogP contribution in [0.25, 0.3) is 0 Å². The maximum absolute atomic E-state index is 4.45. The first-order chi connectivity index (χ1) is 9.45. The molecule has 0 N–H and O–H groups in total. The molecule has 0 aliphatic carbocycles. The molecule has 100 valence electrons. The maximum atomic E-state index is 4.45. The van der Waals surface area contributed by atoms with E-state index in [1.54, 1.807) is 0 Å². The maximum Gasteiger partial charge on any atom is 0.134 e. The smallest absolute Gasteiger partial charge is 0.134 e. The second-order valence-electron chi connectivity index (χ2n) is 3.54. The van der Waals surface area contributed by atoms with Crippen molar-refractivity contribution < 1.29 is 0 Å². The summed E-state index contributed by atoms with van der Waals surface area (Å²) in [6.07, 6.45) is 1.81. The number of benzene rings is 1. The van der Waals surface area contributed by atoms with Crippen molar-refractivity contribution in [1.82, 2.24) is 4.98 Å². The first-order valence-electron chi connectivity index (χ1n) is 6.99. The summed E-state index contributed by atoms with van der Waals surface area (Å²) < 4.78 is 0. The fourth-order valence-electron chi connectivity index (χ4n) is 1.69. The van der Waals surface area contributed by atoms with E-state index in [4.69, 9.17) is 0 Å². The summed E-state index contributed by atoms with van der Waals surface area (Å²) in [7, 11) is 0. The Morgan fingerprint density at radius 1 is 0.789 bits per heavy atom. The third-order valence-electron chi connectivity index (χ3n) is 2.50. The highest BCUT2D eigenvalue weighted by atomic mass is 15.0. The lowest BCUT2D eigenvalue weighted by Gasteiger charge is -1.96. The lowest BCUT2D eigenvalue weighted by atomic mass is 10.1. The first-order valence-corrected chi connectivity index (χ1v) is 6.99. The van der Waals surface area contributed by atoms with Gasteiger partial charge in [-0.05, 0) is 17.7 Å². The van der Waals surface area contributed by atoms with Crippen LogP contribution in [-0.2, 0) is 0 Å². The molecular weight excluding hydrogens is 232 g/mol. The van der Waals surface area contributed by atoms with Crippen molar-refractivity contribution >= 4 is 5.71 Å². The van der Waals surface area contributed by atoms with Crippen LogP contribution in [0.3, 0.4) is 0 Å². The van der Waals surface area contributed by atoms with Gasteiger partial charge in [-0.3, -0.25) is 9.98 Å². The molecule has 19 heavy (non-hydrogen) atoms. The van der Waals surface area contributed by atoms with Crippen molar-refractivity contribution in [2.24, 2.45) is 4.99 Å². The van der Waals surface area contributed by atoms with Crippen LogP contribution in [0.2, 0.25) is 0 Å². The summed E-state index contributed by atoms with van der Waals surface area (Å²) in [5.74, 6) is 0. The van der Waals surface area contributed by atoms with Gasteiger partial charge >= 0.3 is 0 Å². The largest absolute Gasteiger partial charge is 0.270 e. The summed E-state index contributed by atoms with van der Waals surface area (Å²) in [4.78, 5) is 8.75. The zero-order chi connectivity index (χ0) is 14.1. The molecule has 0 radical (unpaired) electrons. The zero-order valence-electron chi connectivity index (χ0n) is 12.2. The Kier molecular flexibility index (Phi) is 6.51. The quantitative estimate of drug-likeness (QED) is 0.764. The molecule has 0 bridgehead atoms. The lowest BCUT2D eigenvalue weighted by Crippen LogP contribution is -1.94. The number of pyridine rings is 1. The van der Waals surface area contributed by atoms with Crippen LogP contribution in [0, 0.1) is 0 Å². The van der Waals surface area contributed by atoms with E-state index in [0.29, 0.717) is 0 Å². The molecule has 1 aliphatic heterocycles. The highest BCUT2D eigenvalue weighted by Crippen LogP contribution is 2.33. The van der Waals surface area contributed by atoms with Crippen LogP contribution in [0.4, 0.5) is 0 Å². The van der Waals surface area contributed by atoms with Gasteiger partial charge in [0.15, 0.2) is 0 Å². The molecule has 1 aromatic heterocycles. The predicted octanol–water partition coefficient (Wildman–Crippen LogP) is 4.68. The molecule has 0 spiro atoms. The molecule has 1 aromatic carbocycles. The van der Waals surface area contributed by atoms with Crippen molar-refractivity contribution in [2.75, 3.05) is 0 Å². The van der Waals surface area contributed by atoms with Gasteiger partial charge in [-0.15, -0.1) is 0 Å². The van der Waals surface area contributed by atoms with Gasteiger partial charge in [0.05, 0.1) is 11.4 Å². The van der Waals surface area contributed by atoms with Crippen LogP contribution in [0.5, 0.6) is 0 Å². The average Bonchev–Trinajstić information content (AvgIpc) is 3.34. The SMILES string of the molecule is CC.CC.c1ccc(C2=NC2c2ccccn2)cc1. The van der Waals surface area contributed by atoms with E-state index in [-0.39, 0.29) is 6.04 Å². The second-order valence-corrected chi connectivity index (χ2v) is 3.54. The van der Waals surface area contributed by atoms with Gasteiger partial charge in [-0.2, -0.15) is 0 Å². The van der Waals surface area contributed by atoms with Gasteiger partial charge in [0.1, 0.15) is 6.04 Å². The minimum Gasteiger partial charge on any atom is -0.270 e. The minimum absolute atomic E-state index is 0.189. The molecule has 1 aliphatic rings. The normalized spacial score (nSPS) is 15.2. The molecule has 2 heterocycles. The number of hydrogen-bond acceptors (Lipinski definition) is 2. The topological polar surface area (TPSA) is 25.2 Å². The standard InChI is InChI=1S/C13H10N2.2C2H6/c1-2-6-10(7-3-1)12-13(15-12)11-8-4-5-9-14-11;2*1-2/h1-9,13H;2*1-2H3. The Bertz CT molecular complexity index is 489. The van der Waals surface area contributed by atoms with Crippen molar-refractivity contribution in [1.29, 1.82) is 0 Å². The lowest BCUT2D eigenvalue weighted by molar-refractivity contribution is 1.03. The van der Waals surface area contributed by atoms with Crippen LogP contribution < -0.4 is 0 Å². The Labute approximate surface area is 116 Å². The molecule has 0 saturated carbocycles. The third kappa shape index (κ3) is 4.02. The number of rotatable bonds is 2. The van der Waals surface area contributed by atoms with Crippen LogP contribution in [0.1, 0.15) is 45.0 Å². The third-order valence-corrected chi connectivity index (χ3v) is 2.50. The Morgan fingerprint density at radius 2 is 1.42 bits per heavy atom. The van der Waals surface area contributed by atoms with Crippen molar-refractivity contribution in [3.8, 4) is 0 Å². The minimum atomic E-state index is 0.189. The molecule has 0 amide bonds. The molecule has 1 unspecified atom stereocenters. The van der Waals surface area contributed by atoms with Crippen LogP contribution in [-0.4, -0.2) is 10.7 Å². The van der Waals surface area contributed by atoms with E-state index < -0.39 is 0 Å². The van der Waals surface area contributed by atoms with Gasteiger partial charge in [-0.1, -0.05) is 64.1 Å². The van der Waals surface area contributed by atoms with E-state index in [0.717, 1.165) is 11.4 Å². The van der Waals surface area contributed by atoms with E-state index in [9.17, 15) is 0 Å². The van der Waals surface area contributed by atoms with E-state index >= 15 is 0 Å². The Balaban J connectivity index is 0.000000415. The molecule has 2 aromatic rings. The van der Waals surface area contributed by atoms with Crippen molar-refractivity contribution in [3.63, 3.8) is 0 Å². The Morgan fingerprint density at radius 3 is 2.00 bits per heavy atom. The summed E-state index contributed by atoms with van der Waals surface area (Å²) in [5.41, 5.74) is 3.39. The average molecular weight is 254 g/mol. The molecule has 1 atom stereocenters.